The minimum absolute atomic E-state index is 0.00309. The molecule has 1 amide bonds. The highest BCUT2D eigenvalue weighted by molar-refractivity contribution is 7.15. The van der Waals surface area contributed by atoms with Crippen LogP contribution in [0.2, 0.25) is 0 Å². The van der Waals surface area contributed by atoms with Crippen LogP contribution in [0.5, 0.6) is 0 Å². The van der Waals surface area contributed by atoms with Gasteiger partial charge in [0.05, 0.1) is 29.2 Å². The first-order valence-corrected chi connectivity index (χ1v) is 12.1. The second-order valence-corrected chi connectivity index (χ2v) is 9.82. The summed E-state index contributed by atoms with van der Waals surface area (Å²) in [6, 6.07) is 3.27. The Balaban J connectivity index is 1.27. The van der Waals surface area contributed by atoms with E-state index in [9.17, 15) is 31.1 Å². The Morgan fingerprint density at radius 1 is 0.973 bits per heavy atom. The number of alkyl halides is 6. The van der Waals surface area contributed by atoms with Gasteiger partial charge in [0.1, 0.15) is 17.1 Å². The number of carbonyl (C=O) groups is 1. The van der Waals surface area contributed by atoms with Crippen molar-refractivity contribution < 1.29 is 31.1 Å². The normalized spacial score (nSPS) is 15.5. The number of rotatable bonds is 4. The zero-order valence-corrected chi connectivity index (χ0v) is 19.9. The van der Waals surface area contributed by atoms with E-state index in [0.717, 1.165) is 21.7 Å². The molecule has 0 N–H and O–H groups in total. The van der Waals surface area contributed by atoms with Crippen molar-refractivity contribution in [3.05, 3.63) is 65.2 Å². The van der Waals surface area contributed by atoms with Gasteiger partial charge in [-0.05, 0) is 43.0 Å². The number of carbonyl (C=O) groups excluding carboxylic acids is 1. The highest BCUT2D eigenvalue weighted by atomic mass is 32.1. The van der Waals surface area contributed by atoms with E-state index in [1.54, 1.807) is 34.3 Å². The average molecular weight is 540 g/mol. The van der Waals surface area contributed by atoms with Crippen LogP contribution in [0.3, 0.4) is 0 Å². The van der Waals surface area contributed by atoms with Gasteiger partial charge < -0.3 is 9.47 Å². The van der Waals surface area contributed by atoms with E-state index in [0.29, 0.717) is 43.6 Å². The molecule has 0 bridgehead atoms. The third-order valence-corrected chi connectivity index (χ3v) is 7.55. The molecule has 1 saturated heterocycles. The molecule has 1 aliphatic heterocycles. The van der Waals surface area contributed by atoms with Crippen molar-refractivity contribution in [3.8, 4) is 10.6 Å². The molecule has 0 saturated carbocycles. The molecule has 6 nitrogen and oxygen atoms in total. The number of amides is 1. The predicted molar refractivity (Wildman–Crippen MR) is 124 cm³/mol. The molecule has 0 spiro atoms. The van der Waals surface area contributed by atoms with Gasteiger partial charge in [0.2, 0.25) is 5.91 Å². The largest absolute Gasteiger partial charge is 0.416 e. The Hall–Kier alpha value is -3.48. The number of hydrogen-bond acceptors (Lipinski definition) is 5. The van der Waals surface area contributed by atoms with Crippen molar-refractivity contribution in [1.29, 1.82) is 0 Å². The van der Waals surface area contributed by atoms with E-state index < -0.39 is 23.5 Å². The Labute approximate surface area is 210 Å². The molecule has 1 fully saturated rings. The summed E-state index contributed by atoms with van der Waals surface area (Å²) in [5.41, 5.74) is -1.48. The first-order chi connectivity index (χ1) is 17.5. The Morgan fingerprint density at radius 3 is 2.30 bits per heavy atom. The third kappa shape index (κ3) is 5.31. The number of benzene rings is 1. The number of pyridine rings is 1. The molecule has 0 radical (unpaired) electrons. The maximum absolute atomic E-state index is 13.2. The minimum Gasteiger partial charge on any atom is -0.341 e. The Morgan fingerprint density at radius 2 is 1.65 bits per heavy atom. The van der Waals surface area contributed by atoms with E-state index in [4.69, 9.17) is 0 Å². The smallest absolute Gasteiger partial charge is 0.341 e. The van der Waals surface area contributed by atoms with Crippen LogP contribution in [0, 0.1) is 0 Å². The number of fused-ring (bicyclic) bond motifs is 1. The summed E-state index contributed by atoms with van der Waals surface area (Å²) in [6.45, 7) is 1.09. The number of halogens is 6. The van der Waals surface area contributed by atoms with Gasteiger partial charge in [-0.25, -0.2) is 9.97 Å². The maximum atomic E-state index is 13.2. The molecule has 0 aliphatic carbocycles. The lowest BCUT2D eigenvalue weighted by Crippen LogP contribution is -2.39. The van der Waals surface area contributed by atoms with Crippen molar-refractivity contribution >= 4 is 28.3 Å². The first-order valence-electron chi connectivity index (χ1n) is 11.3. The van der Waals surface area contributed by atoms with E-state index >= 15 is 0 Å². The fourth-order valence-corrected chi connectivity index (χ4v) is 5.46. The number of thiazole rings is 1. The summed E-state index contributed by atoms with van der Waals surface area (Å²) >= 11 is 1.08. The molecular weight excluding hydrogens is 520 g/mol. The van der Waals surface area contributed by atoms with Gasteiger partial charge in [0, 0.05) is 35.9 Å². The van der Waals surface area contributed by atoms with Crippen LogP contribution in [0.1, 0.15) is 34.8 Å². The van der Waals surface area contributed by atoms with Crippen LogP contribution < -0.4 is 0 Å². The molecule has 1 aromatic carbocycles. The number of nitrogens with zero attached hydrogens (tertiary/aromatic N) is 5. The molecule has 4 aromatic rings. The molecule has 1 aliphatic rings. The van der Waals surface area contributed by atoms with Crippen LogP contribution in [-0.2, 0) is 23.7 Å². The van der Waals surface area contributed by atoms with Crippen LogP contribution in [0.4, 0.5) is 26.3 Å². The predicted octanol–water partition coefficient (Wildman–Crippen LogP) is 6.00. The molecule has 0 unspecified atom stereocenters. The zero-order chi connectivity index (χ0) is 26.4. The average Bonchev–Trinajstić information content (AvgIpc) is 3.51. The van der Waals surface area contributed by atoms with Gasteiger partial charge in [-0.15, -0.1) is 11.3 Å². The van der Waals surface area contributed by atoms with Crippen molar-refractivity contribution in [2.24, 2.45) is 0 Å². The van der Waals surface area contributed by atoms with Crippen molar-refractivity contribution in [2.45, 2.75) is 37.7 Å². The maximum Gasteiger partial charge on any atom is 0.416 e. The summed E-state index contributed by atoms with van der Waals surface area (Å²) in [4.78, 5) is 27.7. The lowest BCUT2D eigenvalue weighted by atomic mass is 9.96. The molecule has 37 heavy (non-hydrogen) atoms. The number of likely N-dealkylation sites (tertiary alicyclic amines) is 1. The monoisotopic (exact) mass is 539 g/mol. The molecule has 0 atom stereocenters. The summed E-state index contributed by atoms with van der Waals surface area (Å²) < 4.78 is 81.1. The molecule has 5 rings (SSSR count). The summed E-state index contributed by atoms with van der Waals surface area (Å²) in [5, 5.41) is 0.0894. The summed E-state index contributed by atoms with van der Waals surface area (Å²) in [6.07, 6.45) is -2.28. The van der Waals surface area contributed by atoms with Gasteiger partial charge in [0.25, 0.3) is 0 Å². The second-order valence-electron chi connectivity index (χ2n) is 8.75. The standard InChI is InChI=1S/C24H19F6N5OS/c25-23(26,27)16-7-15(8-17(9-16)24(28,29)30)22-32-11-20(37-22)14-2-5-34(6-3-14)21(36)12-35-13-33-18-10-31-4-1-19(18)35/h1,4,7-11,13-14H,2-3,5-6,12H2. The number of aromatic nitrogens is 4. The first kappa shape index (κ1) is 25.2. The van der Waals surface area contributed by atoms with Crippen molar-refractivity contribution in [3.63, 3.8) is 0 Å². The lowest BCUT2D eigenvalue weighted by molar-refractivity contribution is -0.143. The van der Waals surface area contributed by atoms with Gasteiger partial charge in [-0.2, -0.15) is 26.3 Å². The highest BCUT2D eigenvalue weighted by Crippen LogP contribution is 2.41. The molecular formula is C24H19F6N5OS. The van der Waals surface area contributed by atoms with Gasteiger partial charge in [-0.1, -0.05) is 0 Å². The SMILES string of the molecule is O=C(Cn1cnc2cnccc21)N1CCC(c2cnc(-c3cc(C(F)(F)F)cc(C(F)(F)F)c3)s2)CC1. The minimum atomic E-state index is -4.92. The van der Waals surface area contributed by atoms with Gasteiger partial charge in [0.15, 0.2) is 0 Å². The highest BCUT2D eigenvalue weighted by Gasteiger charge is 2.37. The Kier molecular flexibility index (Phi) is 6.42. The van der Waals surface area contributed by atoms with E-state index in [-0.39, 0.29) is 35.0 Å². The van der Waals surface area contributed by atoms with Crippen molar-refractivity contribution in [2.75, 3.05) is 13.1 Å². The van der Waals surface area contributed by atoms with Gasteiger partial charge in [-0.3, -0.25) is 9.78 Å². The third-order valence-electron chi connectivity index (χ3n) is 6.34. The van der Waals surface area contributed by atoms with E-state index in [2.05, 4.69) is 15.0 Å². The fourth-order valence-electron chi connectivity index (χ4n) is 4.39. The van der Waals surface area contributed by atoms with E-state index in [1.165, 1.54) is 6.20 Å². The number of piperidine rings is 1. The van der Waals surface area contributed by atoms with Crippen LogP contribution in [0.25, 0.3) is 21.6 Å². The van der Waals surface area contributed by atoms with Crippen LogP contribution >= 0.6 is 11.3 Å². The lowest BCUT2D eigenvalue weighted by Gasteiger charge is -2.31. The van der Waals surface area contributed by atoms with Crippen LogP contribution in [-0.4, -0.2) is 43.4 Å². The number of hydrogen-bond donors (Lipinski definition) is 0. The Bertz CT molecular complexity index is 1400. The fraction of sp³-hybridized carbons (Fsp3) is 0.333. The van der Waals surface area contributed by atoms with E-state index in [1.807, 2.05) is 0 Å². The second kappa shape index (κ2) is 9.43. The van der Waals surface area contributed by atoms with Gasteiger partial charge >= 0.3 is 12.4 Å². The molecule has 194 valence electrons. The van der Waals surface area contributed by atoms with Crippen LogP contribution in [0.15, 0.2) is 49.2 Å². The molecule has 13 heteroatoms. The number of imidazole rings is 1. The summed E-state index contributed by atoms with van der Waals surface area (Å²) in [5.74, 6) is -0.0634. The topological polar surface area (TPSA) is 63.9 Å². The van der Waals surface area contributed by atoms with Crippen molar-refractivity contribution in [1.82, 2.24) is 24.4 Å². The molecule has 3 aromatic heterocycles. The summed E-state index contributed by atoms with van der Waals surface area (Å²) in [7, 11) is 0. The molecule has 4 heterocycles. The quantitative estimate of drug-likeness (QED) is 0.299. The zero-order valence-electron chi connectivity index (χ0n) is 19.1.